The number of aromatic nitrogens is 2. The van der Waals surface area contributed by atoms with Gasteiger partial charge in [-0.3, -0.25) is 0 Å². The highest BCUT2D eigenvalue weighted by molar-refractivity contribution is 5.33. The van der Waals surface area contributed by atoms with Crippen molar-refractivity contribution in [2.45, 2.75) is 13.1 Å². The zero-order chi connectivity index (χ0) is 9.35. The molecule has 0 atom stereocenters. The highest BCUT2D eigenvalue weighted by atomic mass is 19.4. The summed E-state index contributed by atoms with van der Waals surface area (Å²) in [5, 5.41) is 0. The molecule has 0 aliphatic heterocycles. The molecule has 0 bridgehead atoms. The maximum atomic E-state index is 12.0. The van der Waals surface area contributed by atoms with Gasteiger partial charge in [-0.1, -0.05) is 0 Å². The standard InChI is InChI=1S/C6H6F3N3/c1-3-5(10)11-2-4(12-3)6(7,8)9/h2H,1H3,(H2,10,11). The first-order valence-electron chi connectivity index (χ1n) is 3.07. The molecule has 0 radical (unpaired) electrons. The normalized spacial score (nSPS) is 11.7. The minimum Gasteiger partial charge on any atom is -0.382 e. The Morgan fingerprint density at radius 3 is 2.42 bits per heavy atom. The average molecular weight is 177 g/mol. The highest BCUT2D eigenvalue weighted by Gasteiger charge is 2.33. The predicted octanol–water partition coefficient (Wildman–Crippen LogP) is 1.39. The molecule has 0 saturated carbocycles. The van der Waals surface area contributed by atoms with Gasteiger partial charge in [-0.25, -0.2) is 9.97 Å². The Labute approximate surface area is 66.4 Å². The van der Waals surface area contributed by atoms with E-state index >= 15 is 0 Å². The van der Waals surface area contributed by atoms with E-state index in [-0.39, 0.29) is 11.5 Å². The lowest BCUT2D eigenvalue weighted by Crippen LogP contribution is -2.10. The number of aryl methyl sites for hydroxylation is 1. The number of nitrogen functional groups attached to an aromatic ring is 1. The van der Waals surface area contributed by atoms with Crippen LogP contribution >= 0.6 is 0 Å². The van der Waals surface area contributed by atoms with Crippen LogP contribution in [0.2, 0.25) is 0 Å². The van der Waals surface area contributed by atoms with Crippen molar-refractivity contribution in [3.63, 3.8) is 0 Å². The first-order valence-corrected chi connectivity index (χ1v) is 3.07. The summed E-state index contributed by atoms with van der Waals surface area (Å²) in [5.41, 5.74) is 4.26. The van der Waals surface area contributed by atoms with Gasteiger partial charge in [-0.15, -0.1) is 0 Å². The van der Waals surface area contributed by atoms with Crippen LogP contribution < -0.4 is 5.73 Å². The Morgan fingerprint density at radius 1 is 1.42 bits per heavy atom. The second-order valence-electron chi connectivity index (χ2n) is 2.22. The van der Waals surface area contributed by atoms with Crippen molar-refractivity contribution in [2.24, 2.45) is 0 Å². The van der Waals surface area contributed by atoms with E-state index in [4.69, 9.17) is 5.73 Å². The molecule has 6 heteroatoms. The Hall–Kier alpha value is -1.33. The first kappa shape index (κ1) is 8.76. The van der Waals surface area contributed by atoms with Gasteiger partial charge in [0.1, 0.15) is 5.82 Å². The van der Waals surface area contributed by atoms with Crippen LogP contribution in [0.4, 0.5) is 19.0 Å². The number of anilines is 1. The van der Waals surface area contributed by atoms with Crippen molar-refractivity contribution in [1.82, 2.24) is 9.97 Å². The summed E-state index contributed by atoms with van der Waals surface area (Å²) >= 11 is 0. The average Bonchev–Trinajstić information content (AvgIpc) is 1.92. The first-order chi connectivity index (χ1) is 5.41. The zero-order valence-corrected chi connectivity index (χ0v) is 6.18. The Bertz CT molecular complexity index is 295. The minimum absolute atomic E-state index is 0.0167. The fourth-order valence-corrected chi connectivity index (χ4v) is 0.628. The van der Waals surface area contributed by atoms with Crippen molar-refractivity contribution in [1.29, 1.82) is 0 Å². The maximum absolute atomic E-state index is 12.0. The van der Waals surface area contributed by atoms with Crippen LogP contribution in [0.1, 0.15) is 11.4 Å². The quantitative estimate of drug-likeness (QED) is 0.651. The smallest absolute Gasteiger partial charge is 0.382 e. The molecule has 1 heterocycles. The zero-order valence-electron chi connectivity index (χ0n) is 6.18. The molecular weight excluding hydrogens is 171 g/mol. The number of nitrogens with zero attached hydrogens (tertiary/aromatic N) is 2. The van der Waals surface area contributed by atoms with Gasteiger partial charge in [-0.2, -0.15) is 13.2 Å². The summed E-state index contributed by atoms with van der Waals surface area (Å²) in [7, 11) is 0. The molecule has 3 nitrogen and oxygen atoms in total. The van der Waals surface area contributed by atoms with Crippen molar-refractivity contribution in [3.05, 3.63) is 17.6 Å². The largest absolute Gasteiger partial charge is 0.434 e. The lowest BCUT2D eigenvalue weighted by molar-refractivity contribution is -0.141. The van der Waals surface area contributed by atoms with Crippen LogP contribution in [0.5, 0.6) is 0 Å². The number of halogens is 3. The summed E-state index contributed by atoms with van der Waals surface area (Å²) in [5.74, 6) is 0.0167. The summed E-state index contributed by atoms with van der Waals surface area (Å²) in [6.07, 6.45) is -3.84. The van der Waals surface area contributed by atoms with Gasteiger partial charge in [0.15, 0.2) is 5.69 Å². The van der Waals surface area contributed by atoms with Crippen LogP contribution in [0.25, 0.3) is 0 Å². The number of nitrogens with two attached hydrogens (primary N) is 1. The van der Waals surface area contributed by atoms with Gasteiger partial charge in [0.05, 0.1) is 11.9 Å². The van der Waals surface area contributed by atoms with E-state index in [1.165, 1.54) is 6.92 Å². The van der Waals surface area contributed by atoms with Gasteiger partial charge in [0, 0.05) is 0 Å². The van der Waals surface area contributed by atoms with Gasteiger partial charge >= 0.3 is 6.18 Å². The monoisotopic (exact) mass is 177 g/mol. The summed E-state index contributed by atoms with van der Waals surface area (Å²) < 4.78 is 35.9. The molecule has 0 fully saturated rings. The third-order valence-corrected chi connectivity index (χ3v) is 1.28. The molecule has 1 rings (SSSR count). The van der Waals surface area contributed by atoms with Gasteiger partial charge in [-0.05, 0) is 6.92 Å². The van der Waals surface area contributed by atoms with Crippen LogP contribution in [0.3, 0.4) is 0 Å². The molecule has 0 amide bonds. The third-order valence-electron chi connectivity index (χ3n) is 1.28. The molecule has 1 aromatic heterocycles. The molecule has 12 heavy (non-hydrogen) atoms. The highest BCUT2D eigenvalue weighted by Crippen LogP contribution is 2.27. The Balaban J connectivity index is 3.14. The third kappa shape index (κ3) is 1.63. The van der Waals surface area contributed by atoms with Gasteiger partial charge in [0.2, 0.25) is 0 Å². The molecular formula is C6H6F3N3. The molecule has 0 unspecified atom stereocenters. The molecule has 0 saturated heterocycles. The SMILES string of the molecule is Cc1nc(C(F)(F)F)cnc1N. The lowest BCUT2D eigenvalue weighted by atomic mass is 10.4. The molecule has 0 spiro atoms. The van der Waals surface area contributed by atoms with Crippen LogP contribution in [0.15, 0.2) is 6.20 Å². The molecule has 0 aromatic carbocycles. The van der Waals surface area contributed by atoms with Crippen molar-refractivity contribution in [3.8, 4) is 0 Å². The van der Waals surface area contributed by atoms with E-state index in [0.29, 0.717) is 6.20 Å². The number of hydrogen-bond acceptors (Lipinski definition) is 3. The summed E-state index contributed by atoms with van der Waals surface area (Å²) in [4.78, 5) is 6.57. The maximum Gasteiger partial charge on any atom is 0.434 e. The number of rotatable bonds is 0. The summed E-state index contributed by atoms with van der Waals surface area (Å²) in [6, 6.07) is 0. The second kappa shape index (κ2) is 2.62. The van der Waals surface area contributed by atoms with E-state index in [9.17, 15) is 13.2 Å². The molecule has 66 valence electrons. The molecule has 0 aliphatic rings. The van der Waals surface area contributed by atoms with Crippen LogP contribution in [-0.4, -0.2) is 9.97 Å². The molecule has 2 N–H and O–H groups in total. The topological polar surface area (TPSA) is 51.8 Å². The Morgan fingerprint density at radius 2 is 2.00 bits per heavy atom. The fraction of sp³-hybridized carbons (Fsp3) is 0.333. The number of alkyl halides is 3. The molecule has 1 aromatic rings. The Kier molecular flexibility index (Phi) is 1.91. The van der Waals surface area contributed by atoms with E-state index in [0.717, 1.165) is 0 Å². The fourth-order valence-electron chi connectivity index (χ4n) is 0.628. The second-order valence-corrected chi connectivity index (χ2v) is 2.22. The molecule has 0 aliphatic carbocycles. The van der Waals surface area contributed by atoms with Crippen LogP contribution in [0, 0.1) is 6.92 Å². The van der Waals surface area contributed by atoms with Crippen LogP contribution in [-0.2, 0) is 6.18 Å². The van der Waals surface area contributed by atoms with Crippen molar-refractivity contribution < 1.29 is 13.2 Å². The van der Waals surface area contributed by atoms with E-state index in [2.05, 4.69) is 9.97 Å². The van der Waals surface area contributed by atoms with Gasteiger partial charge < -0.3 is 5.73 Å². The van der Waals surface area contributed by atoms with Crippen molar-refractivity contribution in [2.75, 3.05) is 5.73 Å². The van der Waals surface area contributed by atoms with E-state index in [1.807, 2.05) is 0 Å². The van der Waals surface area contributed by atoms with E-state index < -0.39 is 11.9 Å². The van der Waals surface area contributed by atoms with Crippen molar-refractivity contribution >= 4 is 5.82 Å². The number of hydrogen-bond donors (Lipinski definition) is 1. The predicted molar refractivity (Wildman–Crippen MR) is 36.2 cm³/mol. The van der Waals surface area contributed by atoms with Gasteiger partial charge in [0.25, 0.3) is 0 Å². The summed E-state index contributed by atoms with van der Waals surface area (Å²) in [6.45, 7) is 1.37. The minimum atomic E-state index is -4.45. The lowest BCUT2D eigenvalue weighted by Gasteiger charge is -2.05. The van der Waals surface area contributed by atoms with E-state index in [1.54, 1.807) is 0 Å².